The second-order valence-corrected chi connectivity index (χ2v) is 7.55. The number of anilines is 1. The molecular weight excluding hydrogens is 370 g/mol. The van der Waals surface area contributed by atoms with Crippen LogP contribution in [0, 0.1) is 5.92 Å². The summed E-state index contributed by atoms with van der Waals surface area (Å²) in [4.78, 5) is 28.3. The summed E-state index contributed by atoms with van der Waals surface area (Å²) < 4.78 is 10.8. The number of carbonyl (C=O) groups excluding carboxylic acids is 2. The van der Waals surface area contributed by atoms with Crippen molar-refractivity contribution in [2.24, 2.45) is 5.92 Å². The van der Waals surface area contributed by atoms with E-state index in [9.17, 15) is 9.59 Å². The topological polar surface area (TPSA) is 62.3 Å². The Kier molecular flexibility index (Phi) is 4.29. The molecule has 3 fully saturated rings. The quantitative estimate of drug-likeness (QED) is 0.743. The van der Waals surface area contributed by atoms with E-state index in [4.69, 9.17) is 9.47 Å². The second-order valence-electron chi connectivity index (χ2n) is 7.55. The van der Waals surface area contributed by atoms with Crippen molar-refractivity contribution in [2.75, 3.05) is 32.2 Å². The van der Waals surface area contributed by atoms with Gasteiger partial charge in [-0.15, -0.1) is 0 Å². The molecule has 0 aromatic heterocycles. The number of ether oxygens (including phenoxy) is 2. The van der Waals surface area contributed by atoms with Crippen molar-refractivity contribution in [3.63, 3.8) is 0 Å². The van der Waals surface area contributed by atoms with Crippen LogP contribution in [0.2, 0.25) is 0 Å². The maximum absolute atomic E-state index is 13.5. The largest absolute Gasteiger partial charge is 0.497 e. The number of rotatable bonds is 4. The van der Waals surface area contributed by atoms with Crippen LogP contribution in [-0.4, -0.2) is 55.2 Å². The first-order valence-corrected chi connectivity index (χ1v) is 9.83. The van der Waals surface area contributed by atoms with Crippen molar-refractivity contribution in [1.29, 1.82) is 0 Å². The van der Waals surface area contributed by atoms with Gasteiger partial charge < -0.3 is 9.47 Å². The van der Waals surface area contributed by atoms with E-state index < -0.39 is 12.0 Å². The molecule has 7 nitrogen and oxygen atoms in total. The predicted octanol–water partition coefficient (Wildman–Crippen LogP) is 2.24. The Hall–Kier alpha value is -2.90. The van der Waals surface area contributed by atoms with Gasteiger partial charge in [-0.25, -0.2) is 14.9 Å². The van der Waals surface area contributed by atoms with Crippen molar-refractivity contribution >= 4 is 17.5 Å². The number of hydrogen-bond donors (Lipinski definition) is 0. The molecule has 0 unspecified atom stereocenters. The third-order valence-corrected chi connectivity index (χ3v) is 6.19. The highest BCUT2D eigenvalue weighted by atomic mass is 16.5. The molecule has 150 valence electrons. The fourth-order valence-corrected chi connectivity index (χ4v) is 4.98. The summed E-state index contributed by atoms with van der Waals surface area (Å²) in [6.45, 7) is 1.61. The van der Waals surface area contributed by atoms with Crippen molar-refractivity contribution < 1.29 is 19.1 Å². The van der Waals surface area contributed by atoms with Crippen LogP contribution >= 0.6 is 0 Å². The minimum absolute atomic E-state index is 0.157. The normalized spacial score (nSPS) is 26.7. The highest BCUT2D eigenvalue weighted by molar-refractivity contribution is 6.24. The van der Waals surface area contributed by atoms with Gasteiger partial charge in [0.1, 0.15) is 17.5 Å². The molecule has 3 aliphatic heterocycles. The highest BCUT2D eigenvalue weighted by Gasteiger charge is 2.63. The molecule has 0 saturated carbocycles. The van der Waals surface area contributed by atoms with Crippen LogP contribution in [0.1, 0.15) is 18.0 Å². The minimum Gasteiger partial charge on any atom is -0.497 e. The number of nitrogens with zero attached hydrogens (tertiary/aromatic N) is 3. The van der Waals surface area contributed by atoms with E-state index in [1.54, 1.807) is 38.5 Å². The summed E-state index contributed by atoms with van der Waals surface area (Å²) in [7, 11) is 3.23. The average molecular weight is 393 g/mol. The smallest absolute Gasteiger partial charge is 0.253 e. The van der Waals surface area contributed by atoms with Gasteiger partial charge in [0, 0.05) is 18.7 Å². The van der Waals surface area contributed by atoms with Gasteiger partial charge in [-0.1, -0.05) is 18.2 Å². The Bertz CT molecular complexity index is 961. The summed E-state index contributed by atoms with van der Waals surface area (Å²) in [5.41, 5.74) is 1.53. The van der Waals surface area contributed by atoms with Crippen LogP contribution in [0.25, 0.3) is 0 Å². The lowest BCUT2D eigenvalue weighted by atomic mass is 9.89. The van der Waals surface area contributed by atoms with Crippen molar-refractivity contribution in [3.8, 4) is 11.5 Å². The van der Waals surface area contributed by atoms with Crippen LogP contribution in [0.4, 0.5) is 5.69 Å². The lowest BCUT2D eigenvalue weighted by Gasteiger charge is -2.30. The standard InChI is InChI=1S/C22H23N3O4/c1-28-15-10-8-14(9-11-15)25-21(26)18-19(16-6-3-4-7-17(16)29-2)23-12-5-13-24(23)20(18)22(25)27/h3-4,6-11,18-20H,5,12-13H2,1-2H3/t18-,19+,20-/m1/s1. The first-order chi connectivity index (χ1) is 14.2. The number of para-hydroxylation sites is 1. The van der Waals surface area contributed by atoms with Crippen LogP contribution in [0.5, 0.6) is 11.5 Å². The Labute approximate surface area is 169 Å². The van der Waals surface area contributed by atoms with Crippen LogP contribution < -0.4 is 14.4 Å². The molecule has 3 atom stereocenters. The number of methoxy groups -OCH3 is 2. The first kappa shape index (κ1) is 18.1. The molecule has 2 aromatic carbocycles. The summed E-state index contributed by atoms with van der Waals surface area (Å²) in [6, 6.07) is 14.1. The van der Waals surface area contributed by atoms with Gasteiger partial charge in [-0.05, 0) is 36.8 Å². The Balaban J connectivity index is 1.57. The fraction of sp³-hybridized carbons (Fsp3) is 0.364. The molecule has 0 aliphatic carbocycles. The number of hydrazine groups is 1. The molecule has 2 aromatic rings. The number of hydrogen-bond acceptors (Lipinski definition) is 6. The number of benzene rings is 2. The molecule has 5 rings (SSSR count). The molecule has 7 heteroatoms. The first-order valence-electron chi connectivity index (χ1n) is 9.83. The van der Waals surface area contributed by atoms with Gasteiger partial charge in [-0.3, -0.25) is 9.59 Å². The molecule has 29 heavy (non-hydrogen) atoms. The van der Waals surface area contributed by atoms with Crippen LogP contribution in [0.3, 0.4) is 0 Å². The molecule has 3 aliphatic rings. The summed E-state index contributed by atoms with van der Waals surface area (Å²) in [5.74, 6) is 0.657. The van der Waals surface area contributed by atoms with E-state index in [1.165, 1.54) is 4.90 Å². The predicted molar refractivity (Wildman–Crippen MR) is 107 cm³/mol. The van der Waals surface area contributed by atoms with Gasteiger partial charge in [0.15, 0.2) is 0 Å². The lowest BCUT2D eigenvalue weighted by Crippen LogP contribution is -2.44. The lowest BCUT2D eigenvalue weighted by molar-refractivity contribution is -0.126. The summed E-state index contributed by atoms with van der Waals surface area (Å²) >= 11 is 0. The fourth-order valence-electron chi connectivity index (χ4n) is 4.98. The van der Waals surface area contributed by atoms with E-state index in [0.717, 1.165) is 30.8 Å². The van der Waals surface area contributed by atoms with Crippen LogP contribution in [-0.2, 0) is 9.59 Å². The van der Waals surface area contributed by atoms with Crippen LogP contribution in [0.15, 0.2) is 48.5 Å². The molecule has 2 amide bonds. The highest BCUT2D eigenvalue weighted by Crippen LogP contribution is 2.50. The minimum atomic E-state index is -0.470. The molecule has 0 spiro atoms. The van der Waals surface area contributed by atoms with E-state index in [1.807, 2.05) is 24.3 Å². The Morgan fingerprint density at radius 1 is 0.828 bits per heavy atom. The monoisotopic (exact) mass is 393 g/mol. The molecule has 0 N–H and O–H groups in total. The van der Waals surface area contributed by atoms with E-state index in [0.29, 0.717) is 11.4 Å². The number of fused-ring (bicyclic) bond motifs is 3. The average Bonchev–Trinajstić information content (AvgIpc) is 3.40. The number of amides is 2. The van der Waals surface area contributed by atoms with Gasteiger partial charge in [0.25, 0.3) is 5.91 Å². The number of carbonyl (C=O) groups is 2. The zero-order chi connectivity index (χ0) is 20.1. The molecule has 3 heterocycles. The van der Waals surface area contributed by atoms with Gasteiger partial charge >= 0.3 is 0 Å². The zero-order valence-corrected chi connectivity index (χ0v) is 16.4. The van der Waals surface area contributed by atoms with Crippen molar-refractivity contribution in [1.82, 2.24) is 10.0 Å². The van der Waals surface area contributed by atoms with E-state index in [-0.39, 0.29) is 17.9 Å². The van der Waals surface area contributed by atoms with Crippen molar-refractivity contribution in [3.05, 3.63) is 54.1 Å². The van der Waals surface area contributed by atoms with Gasteiger partial charge in [0.05, 0.1) is 31.9 Å². The maximum atomic E-state index is 13.5. The molecular formula is C22H23N3O4. The van der Waals surface area contributed by atoms with E-state index >= 15 is 0 Å². The molecule has 3 saturated heterocycles. The van der Waals surface area contributed by atoms with Crippen molar-refractivity contribution in [2.45, 2.75) is 18.5 Å². The van der Waals surface area contributed by atoms with Gasteiger partial charge in [0.2, 0.25) is 5.91 Å². The summed E-state index contributed by atoms with van der Waals surface area (Å²) in [5, 5.41) is 4.28. The van der Waals surface area contributed by atoms with Gasteiger partial charge in [-0.2, -0.15) is 0 Å². The van der Waals surface area contributed by atoms with E-state index in [2.05, 4.69) is 10.0 Å². The third kappa shape index (κ3) is 2.58. The zero-order valence-electron chi connectivity index (χ0n) is 16.4. The Morgan fingerprint density at radius 3 is 2.21 bits per heavy atom. The Morgan fingerprint density at radius 2 is 1.52 bits per heavy atom. The number of imide groups is 1. The second kappa shape index (κ2) is 6.86. The maximum Gasteiger partial charge on any atom is 0.253 e. The summed E-state index contributed by atoms with van der Waals surface area (Å²) in [6.07, 6.45) is 0.971. The molecule has 0 bridgehead atoms. The SMILES string of the molecule is COc1ccc(N2C(=O)[C@H]3[C@H](C2=O)N2CCCN2[C@H]3c2ccccc2OC)cc1. The third-order valence-electron chi connectivity index (χ3n) is 6.19. The molecule has 0 radical (unpaired) electrons.